The predicted octanol–water partition coefficient (Wildman–Crippen LogP) is 3.73. The van der Waals surface area contributed by atoms with Crippen LogP contribution in [-0.4, -0.2) is 47.9 Å². The van der Waals surface area contributed by atoms with Gasteiger partial charge in [0.05, 0.1) is 13.2 Å². The van der Waals surface area contributed by atoms with Crippen molar-refractivity contribution in [3.63, 3.8) is 0 Å². The molecule has 4 atom stereocenters. The van der Waals surface area contributed by atoms with Gasteiger partial charge in [-0.3, -0.25) is 9.69 Å². The van der Waals surface area contributed by atoms with Gasteiger partial charge in [0, 0.05) is 12.1 Å². The smallest absolute Gasteiger partial charge is 0.314 e. The summed E-state index contributed by atoms with van der Waals surface area (Å²) in [6, 6.07) is 7.91. The van der Waals surface area contributed by atoms with Crippen LogP contribution in [0.1, 0.15) is 52.1 Å². The second kappa shape index (κ2) is 8.89. The monoisotopic (exact) mass is 375 g/mol. The highest BCUT2D eigenvalue weighted by Gasteiger charge is 2.40. The van der Waals surface area contributed by atoms with Crippen molar-refractivity contribution in [3.05, 3.63) is 42.0 Å². The largest absolute Gasteiger partial charge is 0.497 e. The van der Waals surface area contributed by atoms with E-state index in [-0.39, 0.29) is 18.1 Å². The van der Waals surface area contributed by atoms with Gasteiger partial charge in [0.25, 0.3) is 0 Å². The molecule has 1 aromatic rings. The Balaban J connectivity index is 2.25. The molecule has 0 aliphatic heterocycles. The third-order valence-corrected chi connectivity index (χ3v) is 5.16. The lowest BCUT2D eigenvalue weighted by molar-refractivity contribution is -0.166. The number of aliphatic hydroxyl groups excluding tert-OH is 1. The highest BCUT2D eigenvalue weighted by molar-refractivity contribution is 5.75. The van der Waals surface area contributed by atoms with Crippen molar-refractivity contribution in [2.75, 3.05) is 14.2 Å². The molecule has 0 radical (unpaired) electrons. The molecular weight excluding hydrogens is 342 g/mol. The molecule has 5 nitrogen and oxygen atoms in total. The van der Waals surface area contributed by atoms with Crippen LogP contribution in [-0.2, 0) is 9.53 Å². The van der Waals surface area contributed by atoms with Crippen LogP contribution >= 0.6 is 0 Å². The van der Waals surface area contributed by atoms with E-state index in [0.29, 0.717) is 0 Å². The summed E-state index contributed by atoms with van der Waals surface area (Å²) in [5.74, 6) is -0.150. The van der Waals surface area contributed by atoms with E-state index in [9.17, 15) is 9.90 Å². The van der Waals surface area contributed by atoms with E-state index >= 15 is 0 Å². The Morgan fingerprint density at radius 3 is 2.44 bits per heavy atom. The average Bonchev–Trinajstić information content (AvgIpc) is 2.80. The molecule has 0 saturated carbocycles. The fraction of sp³-hybridized carbons (Fsp3) is 0.591. The maximum absolute atomic E-state index is 12.9. The van der Waals surface area contributed by atoms with Crippen LogP contribution in [0.25, 0.3) is 0 Å². The minimum absolute atomic E-state index is 0.0798. The third-order valence-electron chi connectivity index (χ3n) is 5.16. The second-order valence-corrected chi connectivity index (χ2v) is 8.24. The van der Waals surface area contributed by atoms with Crippen LogP contribution in [0.2, 0.25) is 0 Å². The van der Waals surface area contributed by atoms with Crippen molar-refractivity contribution < 1.29 is 19.4 Å². The Morgan fingerprint density at radius 1 is 1.26 bits per heavy atom. The maximum atomic E-state index is 12.9. The van der Waals surface area contributed by atoms with Gasteiger partial charge in [-0.2, -0.15) is 0 Å². The molecule has 0 heterocycles. The lowest BCUT2D eigenvalue weighted by Gasteiger charge is -2.38. The molecule has 1 aliphatic carbocycles. The first-order valence-corrected chi connectivity index (χ1v) is 9.57. The quantitative estimate of drug-likeness (QED) is 0.628. The lowest BCUT2D eigenvalue weighted by atomic mass is 9.89. The number of hydrogen-bond acceptors (Lipinski definition) is 5. The fourth-order valence-electron chi connectivity index (χ4n) is 3.56. The van der Waals surface area contributed by atoms with Crippen molar-refractivity contribution in [2.24, 2.45) is 5.92 Å². The van der Waals surface area contributed by atoms with Gasteiger partial charge in [-0.05, 0) is 65.3 Å². The molecule has 0 aromatic heterocycles. The van der Waals surface area contributed by atoms with Gasteiger partial charge in [-0.15, -0.1) is 0 Å². The summed E-state index contributed by atoms with van der Waals surface area (Å²) in [5, 5.41) is 10.6. The van der Waals surface area contributed by atoms with Crippen LogP contribution in [0.5, 0.6) is 5.75 Å². The Hall–Kier alpha value is -1.85. The number of nitrogens with zero attached hydrogens (tertiary/aromatic N) is 1. The zero-order valence-corrected chi connectivity index (χ0v) is 17.3. The number of carbonyl (C=O) groups excluding carboxylic acids is 1. The molecule has 0 unspecified atom stereocenters. The number of aliphatic hydroxyl groups is 1. The summed E-state index contributed by atoms with van der Waals surface area (Å²) >= 11 is 0. The van der Waals surface area contributed by atoms with Crippen molar-refractivity contribution in [1.82, 2.24) is 4.90 Å². The Bertz CT molecular complexity index is 647. The fourth-order valence-corrected chi connectivity index (χ4v) is 3.56. The van der Waals surface area contributed by atoms with E-state index < -0.39 is 17.6 Å². The molecule has 0 fully saturated rings. The van der Waals surface area contributed by atoms with Gasteiger partial charge in [0.15, 0.2) is 0 Å². The van der Waals surface area contributed by atoms with Gasteiger partial charge < -0.3 is 14.6 Å². The molecule has 0 saturated heterocycles. The molecule has 1 aliphatic rings. The number of allylic oxidation sites excluding steroid dienone is 1. The summed E-state index contributed by atoms with van der Waals surface area (Å²) < 4.78 is 10.9. The molecule has 0 spiro atoms. The van der Waals surface area contributed by atoms with Crippen LogP contribution < -0.4 is 4.74 Å². The number of benzene rings is 1. The Kier molecular flexibility index (Phi) is 7.06. The zero-order valence-electron chi connectivity index (χ0n) is 17.3. The molecule has 5 heteroatoms. The van der Waals surface area contributed by atoms with Gasteiger partial charge in [-0.1, -0.05) is 24.3 Å². The first kappa shape index (κ1) is 21.5. The number of ether oxygens (including phenoxy) is 2. The molecule has 0 amide bonds. The van der Waals surface area contributed by atoms with Gasteiger partial charge in [0.2, 0.25) is 0 Å². The summed E-state index contributed by atoms with van der Waals surface area (Å²) in [6.07, 6.45) is 4.43. The van der Waals surface area contributed by atoms with E-state index in [4.69, 9.17) is 9.47 Å². The van der Waals surface area contributed by atoms with Crippen molar-refractivity contribution in [2.45, 2.75) is 64.3 Å². The number of hydrogen-bond donors (Lipinski definition) is 1. The minimum atomic E-state index is -0.849. The van der Waals surface area contributed by atoms with Gasteiger partial charge in [0.1, 0.15) is 17.3 Å². The van der Waals surface area contributed by atoms with Crippen molar-refractivity contribution in [1.29, 1.82) is 0 Å². The molecule has 27 heavy (non-hydrogen) atoms. The third kappa shape index (κ3) is 5.56. The normalized spacial score (nSPS) is 24.4. The first-order valence-electron chi connectivity index (χ1n) is 9.57. The lowest BCUT2D eigenvalue weighted by Crippen LogP contribution is -2.48. The number of carbonyl (C=O) groups is 1. The molecule has 150 valence electrons. The number of rotatable bonds is 5. The van der Waals surface area contributed by atoms with Gasteiger partial charge in [-0.25, -0.2) is 0 Å². The summed E-state index contributed by atoms with van der Waals surface area (Å²) in [7, 11) is 3.66. The summed E-state index contributed by atoms with van der Waals surface area (Å²) in [6.45, 7) is 7.66. The van der Waals surface area contributed by atoms with E-state index in [2.05, 4.69) is 11.8 Å². The van der Waals surface area contributed by atoms with E-state index in [0.717, 1.165) is 24.2 Å². The van der Waals surface area contributed by atoms with Gasteiger partial charge >= 0.3 is 5.97 Å². The Morgan fingerprint density at radius 2 is 1.89 bits per heavy atom. The van der Waals surface area contributed by atoms with Crippen LogP contribution in [0.3, 0.4) is 0 Å². The number of esters is 1. The molecule has 0 bridgehead atoms. The van der Waals surface area contributed by atoms with Crippen LogP contribution in [0.15, 0.2) is 36.4 Å². The van der Waals surface area contributed by atoms with E-state index in [1.807, 2.05) is 58.2 Å². The van der Waals surface area contributed by atoms with E-state index in [1.165, 1.54) is 0 Å². The zero-order chi connectivity index (χ0) is 20.2. The summed E-state index contributed by atoms with van der Waals surface area (Å²) in [5.41, 5.74) is 0.547. The SMILES string of the molecule is COc1ccc([C@@H](C)N(C)[C@@H]2CCC=C[C@@H](O)[C@H]2C(=O)OC(C)(C)C)cc1. The maximum Gasteiger partial charge on any atom is 0.314 e. The molecule has 1 aromatic carbocycles. The molecule has 2 rings (SSSR count). The highest BCUT2D eigenvalue weighted by atomic mass is 16.6. The number of methoxy groups -OCH3 is 1. The molecule has 1 N–H and O–H groups in total. The van der Waals surface area contributed by atoms with E-state index in [1.54, 1.807) is 13.2 Å². The molecular formula is C22H33NO4. The highest BCUT2D eigenvalue weighted by Crippen LogP contribution is 2.32. The predicted molar refractivity (Wildman–Crippen MR) is 107 cm³/mol. The average molecular weight is 376 g/mol. The topological polar surface area (TPSA) is 59.0 Å². The second-order valence-electron chi connectivity index (χ2n) is 8.24. The van der Waals surface area contributed by atoms with Crippen molar-refractivity contribution in [3.8, 4) is 5.75 Å². The Labute approximate surface area is 163 Å². The standard InChI is InChI=1S/C22H33NO4/c1-15(16-11-13-17(26-6)14-12-16)23(5)18-9-7-8-10-19(24)20(18)21(25)27-22(2,3)4/h8,10-15,18-20,24H,7,9H2,1-6H3/t15-,18-,19-,20+/m1/s1. The first-order chi connectivity index (χ1) is 12.6. The van der Waals surface area contributed by atoms with Crippen LogP contribution in [0.4, 0.5) is 0 Å². The summed E-state index contributed by atoms with van der Waals surface area (Å²) in [4.78, 5) is 15.0. The van der Waals surface area contributed by atoms with Crippen LogP contribution in [0, 0.1) is 5.92 Å². The van der Waals surface area contributed by atoms with Crippen molar-refractivity contribution >= 4 is 5.97 Å². The minimum Gasteiger partial charge on any atom is -0.497 e.